The maximum atomic E-state index is 13.6. The normalized spacial score (nSPS) is 20.2. The van der Waals surface area contributed by atoms with Gasteiger partial charge < -0.3 is 24.7 Å². The van der Waals surface area contributed by atoms with Gasteiger partial charge >= 0.3 is 5.97 Å². The van der Waals surface area contributed by atoms with Gasteiger partial charge in [0.2, 0.25) is 5.88 Å². The molecule has 0 fully saturated rings. The van der Waals surface area contributed by atoms with Gasteiger partial charge in [-0.25, -0.2) is 4.79 Å². The number of nitrogens with two attached hydrogens (primary N) is 1. The van der Waals surface area contributed by atoms with Crippen molar-refractivity contribution in [2.24, 2.45) is 5.73 Å². The highest BCUT2D eigenvalue weighted by molar-refractivity contribution is 6.04. The molecule has 0 saturated heterocycles. The molecular formula is C26H27NO6. The summed E-state index contributed by atoms with van der Waals surface area (Å²) in [7, 11) is 3.05. The van der Waals surface area contributed by atoms with Gasteiger partial charge in [-0.05, 0) is 24.5 Å². The molecule has 2 aromatic rings. The molecule has 2 atom stereocenters. The summed E-state index contributed by atoms with van der Waals surface area (Å²) in [6.07, 6.45) is 0.787. The summed E-state index contributed by atoms with van der Waals surface area (Å²) in [4.78, 5) is 26.5. The van der Waals surface area contributed by atoms with Crippen LogP contribution in [0, 0.1) is 0 Å². The smallest absolute Gasteiger partial charge is 0.340 e. The van der Waals surface area contributed by atoms with Crippen LogP contribution in [0.4, 0.5) is 0 Å². The van der Waals surface area contributed by atoms with Crippen molar-refractivity contribution < 1.29 is 28.5 Å². The molecule has 1 aliphatic heterocycles. The Morgan fingerprint density at radius 2 is 1.82 bits per heavy atom. The molecule has 7 heteroatoms. The van der Waals surface area contributed by atoms with Crippen LogP contribution < -0.4 is 15.2 Å². The second-order valence-electron chi connectivity index (χ2n) is 7.89. The average molecular weight is 450 g/mol. The number of carbonyl (C=O) groups excluding carboxylic acids is 2. The van der Waals surface area contributed by atoms with Gasteiger partial charge in [0.05, 0.1) is 26.7 Å². The van der Waals surface area contributed by atoms with Crippen LogP contribution in [0.2, 0.25) is 0 Å². The summed E-state index contributed by atoms with van der Waals surface area (Å²) < 4.78 is 22.3. The Labute approximate surface area is 192 Å². The number of benzene rings is 2. The van der Waals surface area contributed by atoms with Gasteiger partial charge in [0, 0.05) is 24.0 Å². The molecule has 2 aromatic carbocycles. The molecule has 1 heterocycles. The number of hydrogen-bond donors (Lipinski definition) is 1. The van der Waals surface area contributed by atoms with E-state index in [9.17, 15) is 9.59 Å². The van der Waals surface area contributed by atoms with Gasteiger partial charge in [0.15, 0.2) is 17.3 Å². The van der Waals surface area contributed by atoms with Crippen molar-refractivity contribution in [3.8, 4) is 11.5 Å². The molecule has 0 amide bonds. The highest BCUT2D eigenvalue weighted by Gasteiger charge is 2.44. The Morgan fingerprint density at radius 1 is 1.06 bits per heavy atom. The van der Waals surface area contributed by atoms with Crippen molar-refractivity contribution in [2.45, 2.75) is 31.6 Å². The Bertz CT molecular complexity index is 1130. The Morgan fingerprint density at radius 3 is 2.48 bits per heavy atom. The zero-order valence-corrected chi connectivity index (χ0v) is 18.9. The number of esters is 1. The minimum atomic E-state index is -0.790. The highest BCUT2D eigenvalue weighted by atomic mass is 16.5. The van der Waals surface area contributed by atoms with Gasteiger partial charge in [0.1, 0.15) is 11.3 Å². The lowest BCUT2D eigenvalue weighted by atomic mass is 9.73. The number of rotatable bonds is 6. The lowest BCUT2D eigenvalue weighted by Gasteiger charge is -2.35. The number of ether oxygens (including phenoxy) is 4. The van der Waals surface area contributed by atoms with E-state index in [-0.39, 0.29) is 29.8 Å². The fraction of sp³-hybridized carbons (Fsp3) is 0.308. The first-order chi connectivity index (χ1) is 16.0. The second kappa shape index (κ2) is 9.40. The first-order valence-corrected chi connectivity index (χ1v) is 10.9. The molecule has 0 unspecified atom stereocenters. The van der Waals surface area contributed by atoms with Crippen LogP contribution in [-0.2, 0) is 19.1 Å². The Hall–Kier alpha value is -3.74. The van der Waals surface area contributed by atoms with Crippen molar-refractivity contribution in [3.63, 3.8) is 0 Å². The molecular weight excluding hydrogens is 422 g/mol. The van der Waals surface area contributed by atoms with Gasteiger partial charge in [-0.15, -0.1) is 0 Å². The van der Waals surface area contributed by atoms with Crippen LogP contribution in [0.1, 0.15) is 42.7 Å². The topological polar surface area (TPSA) is 97.1 Å². The first kappa shape index (κ1) is 22.5. The summed E-state index contributed by atoms with van der Waals surface area (Å²) in [6, 6.07) is 15.2. The molecule has 7 nitrogen and oxygen atoms in total. The van der Waals surface area contributed by atoms with Crippen LogP contribution in [0.5, 0.6) is 11.5 Å². The monoisotopic (exact) mass is 449 g/mol. The molecule has 0 bridgehead atoms. The van der Waals surface area contributed by atoms with Gasteiger partial charge in [-0.1, -0.05) is 42.5 Å². The van der Waals surface area contributed by atoms with Crippen LogP contribution in [0.25, 0.3) is 0 Å². The maximum absolute atomic E-state index is 13.6. The largest absolute Gasteiger partial charge is 0.493 e. The number of allylic oxidation sites excluding steroid dienone is 2. The number of carbonyl (C=O) groups is 2. The first-order valence-electron chi connectivity index (χ1n) is 10.9. The van der Waals surface area contributed by atoms with E-state index in [2.05, 4.69) is 0 Å². The van der Waals surface area contributed by atoms with E-state index in [1.54, 1.807) is 25.1 Å². The van der Waals surface area contributed by atoms with E-state index in [1.165, 1.54) is 14.2 Å². The Kier molecular flexibility index (Phi) is 6.40. The molecule has 2 aliphatic rings. The number of hydrogen-bond acceptors (Lipinski definition) is 7. The fourth-order valence-corrected chi connectivity index (χ4v) is 4.63. The predicted octanol–water partition coefficient (Wildman–Crippen LogP) is 3.95. The van der Waals surface area contributed by atoms with Crippen molar-refractivity contribution >= 4 is 11.8 Å². The zero-order valence-electron chi connectivity index (χ0n) is 18.9. The molecule has 33 heavy (non-hydrogen) atoms. The van der Waals surface area contributed by atoms with Crippen LogP contribution in [-0.4, -0.2) is 32.6 Å². The van der Waals surface area contributed by atoms with E-state index in [0.717, 1.165) is 5.56 Å². The summed E-state index contributed by atoms with van der Waals surface area (Å²) >= 11 is 0. The number of methoxy groups -OCH3 is 2. The molecule has 0 spiro atoms. The van der Waals surface area contributed by atoms with Gasteiger partial charge in [-0.3, -0.25) is 4.79 Å². The molecule has 4 rings (SSSR count). The molecule has 0 radical (unpaired) electrons. The third kappa shape index (κ3) is 4.06. The van der Waals surface area contributed by atoms with Crippen molar-refractivity contribution in [1.29, 1.82) is 0 Å². The summed E-state index contributed by atoms with van der Waals surface area (Å²) in [6.45, 7) is 1.87. The highest BCUT2D eigenvalue weighted by Crippen LogP contribution is 2.50. The van der Waals surface area contributed by atoms with Crippen molar-refractivity contribution in [3.05, 3.63) is 82.4 Å². The van der Waals surface area contributed by atoms with Crippen molar-refractivity contribution in [1.82, 2.24) is 0 Å². The molecule has 1 aliphatic carbocycles. The van der Waals surface area contributed by atoms with Crippen LogP contribution in [0.3, 0.4) is 0 Å². The predicted molar refractivity (Wildman–Crippen MR) is 122 cm³/mol. The van der Waals surface area contributed by atoms with Crippen LogP contribution >= 0.6 is 0 Å². The van der Waals surface area contributed by atoms with Crippen molar-refractivity contribution in [2.75, 3.05) is 20.8 Å². The van der Waals surface area contributed by atoms with Gasteiger partial charge in [-0.2, -0.15) is 0 Å². The number of para-hydroxylation sites is 1. The average Bonchev–Trinajstić information content (AvgIpc) is 2.83. The van der Waals surface area contributed by atoms with E-state index in [1.807, 2.05) is 30.3 Å². The third-order valence-electron chi connectivity index (χ3n) is 6.05. The summed E-state index contributed by atoms with van der Waals surface area (Å²) in [5.74, 6) is -0.251. The maximum Gasteiger partial charge on any atom is 0.340 e. The molecule has 0 saturated carbocycles. The fourth-order valence-electron chi connectivity index (χ4n) is 4.63. The molecule has 0 aromatic heterocycles. The number of ketones is 1. The SMILES string of the molecule is CCOC(=O)C1=C(N)OC2=C(C(=O)C[C@H](c3ccccc3)C2)[C@H]1c1cccc(OC)c1OC. The zero-order chi connectivity index (χ0) is 23.5. The minimum Gasteiger partial charge on any atom is -0.493 e. The number of Topliss-reactive ketones (excluding diaryl/α,β-unsaturated/α-hetero) is 1. The van der Waals surface area contributed by atoms with E-state index in [4.69, 9.17) is 24.7 Å². The standard InChI is InChI=1S/C26H27NO6/c1-4-32-26(29)23-21(17-11-8-12-19(30-2)24(17)31-3)22-18(28)13-16(14-20(22)33-25(23)27)15-9-6-5-7-10-15/h5-12,16,21H,4,13-14,27H2,1-3H3/t16-,21+/m0/s1. The van der Waals surface area contributed by atoms with E-state index >= 15 is 0 Å². The van der Waals surface area contributed by atoms with E-state index in [0.29, 0.717) is 41.2 Å². The molecule has 2 N–H and O–H groups in total. The van der Waals surface area contributed by atoms with E-state index < -0.39 is 11.9 Å². The van der Waals surface area contributed by atoms with Crippen LogP contribution in [0.15, 0.2) is 71.3 Å². The second-order valence-corrected chi connectivity index (χ2v) is 7.89. The lowest BCUT2D eigenvalue weighted by molar-refractivity contribution is -0.139. The minimum absolute atomic E-state index is 0.0396. The summed E-state index contributed by atoms with van der Waals surface area (Å²) in [5, 5.41) is 0. The Balaban J connectivity index is 1.88. The lowest BCUT2D eigenvalue weighted by Crippen LogP contribution is -2.33. The third-order valence-corrected chi connectivity index (χ3v) is 6.05. The van der Waals surface area contributed by atoms with Gasteiger partial charge in [0.25, 0.3) is 0 Å². The molecule has 172 valence electrons. The summed E-state index contributed by atoms with van der Waals surface area (Å²) in [5.41, 5.74) is 8.41. The quantitative estimate of drug-likeness (QED) is 0.667.